The third-order valence-electron chi connectivity index (χ3n) is 1.00. The van der Waals surface area contributed by atoms with E-state index in [1.165, 1.54) is 0 Å². The van der Waals surface area contributed by atoms with Crippen LogP contribution in [-0.4, -0.2) is 30.4 Å². The summed E-state index contributed by atoms with van der Waals surface area (Å²) >= 11 is 5.51. The second-order valence-electron chi connectivity index (χ2n) is 1.66. The highest BCUT2D eigenvalue weighted by Crippen LogP contribution is 2.35. The molecule has 0 aromatic heterocycles. The van der Waals surface area contributed by atoms with E-state index in [4.69, 9.17) is 22.3 Å². The quantitative estimate of drug-likeness (QED) is 0.416. The lowest BCUT2D eigenvalue weighted by Crippen LogP contribution is -2.38. The fraction of sp³-hybridized carbons (Fsp3) is 0.600. The Labute approximate surface area is 83.0 Å². The van der Waals surface area contributed by atoms with Crippen molar-refractivity contribution in [2.75, 3.05) is 14.2 Å². The number of hydrogen-bond acceptors (Lipinski definition) is 5. The number of methoxy groups -OCH3 is 2. The molecule has 0 amide bonds. The third kappa shape index (κ3) is 2.18. The van der Waals surface area contributed by atoms with E-state index in [0.717, 1.165) is 14.2 Å². The molecule has 0 heterocycles. The minimum absolute atomic E-state index is 0.326. The van der Waals surface area contributed by atoms with Crippen LogP contribution in [0.2, 0.25) is 0 Å². The van der Waals surface area contributed by atoms with Gasteiger partial charge in [-0.3, -0.25) is 0 Å². The van der Waals surface area contributed by atoms with E-state index >= 15 is 0 Å². The molecule has 0 saturated heterocycles. The topological polar surface area (TPSA) is 52.6 Å². The lowest BCUT2D eigenvalue weighted by atomic mass is 10.4. The van der Waals surface area contributed by atoms with Crippen LogP contribution in [0.4, 0.5) is 0 Å². The van der Waals surface area contributed by atoms with Gasteiger partial charge < -0.3 is 9.47 Å². The zero-order valence-corrected chi connectivity index (χ0v) is 8.63. The van der Waals surface area contributed by atoms with Gasteiger partial charge in [-0.05, 0) is 21.7 Å². The third-order valence-corrected chi connectivity index (χ3v) is 3.02. The number of hydrogen-bond donors (Lipinski definition) is 0. The summed E-state index contributed by atoms with van der Waals surface area (Å²) in [5, 5.41) is 0. The number of carbonyl (C=O) groups is 2. The van der Waals surface area contributed by atoms with Crippen LogP contribution < -0.4 is 0 Å². The van der Waals surface area contributed by atoms with Crippen LogP contribution in [0.25, 0.3) is 0 Å². The zero-order valence-electron chi connectivity index (χ0n) is 6.30. The summed E-state index contributed by atoms with van der Waals surface area (Å²) in [6, 6.07) is 0. The van der Waals surface area contributed by atoms with E-state index in [1.807, 2.05) is 0 Å². The molecule has 7 heteroatoms. The van der Waals surface area contributed by atoms with Crippen LogP contribution in [0, 0.1) is 0 Å². The van der Waals surface area contributed by atoms with Crippen molar-refractivity contribution in [2.45, 2.75) is 4.21 Å². The van der Waals surface area contributed by atoms with Crippen molar-refractivity contribution in [2.24, 2.45) is 0 Å². The fourth-order valence-corrected chi connectivity index (χ4v) is 1.23. The average molecular weight is 233 g/mol. The van der Waals surface area contributed by atoms with Crippen molar-refractivity contribution >= 4 is 45.2 Å². The standard InChI is InChI=1S/C5H6Cl2O4S/c1-10-3(8)5(6,12-7)4(9)11-2/h1-2H3. The predicted octanol–water partition coefficient (Wildman–Crippen LogP) is 1.15. The Balaban J connectivity index is 4.66. The van der Waals surface area contributed by atoms with Gasteiger partial charge in [0.15, 0.2) is 0 Å². The second kappa shape index (κ2) is 4.79. The lowest BCUT2D eigenvalue weighted by Gasteiger charge is -2.16. The van der Waals surface area contributed by atoms with Gasteiger partial charge in [0.05, 0.1) is 14.2 Å². The van der Waals surface area contributed by atoms with E-state index in [2.05, 4.69) is 9.47 Å². The number of halogens is 2. The van der Waals surface area contributed by atoms with E-state index in [9.17, 15) is 9.59 Å². The number of alkyl halides is 1. The Morgan fingerprint density at radius 2 is 1.58 bits per heavy atom. The summed E-state index contributed by atoms with van der Waals surface area (Å²) in [4.78, 5) is 21.8. The van der Waals surface area contributed by atoms with Gasteiger partial charge in [-0.1, -0.05) is 11.6 Å². The van der Waals surface area contributed by atoms with Gasteiger partial charge in [0, 0.05) is 0 Å². The molecule has 0 unspecified atom stereocenters. The van der Waals surface area contributed by atoms with Crippen LogP contribution in [0.15, 0.2) is 0 Å². The van der Waals surface area contributed by atoms with Crippen molar-refractivity contribution in [1.82, 2.24) is 0 Å². The maximum absolute atomic E-state index is 10.9. The van der Waals surface area contributed by atoms with Crippen molar-refractivity contribution in [3.8, 4) is 0 Å². The fourth-order valence-electron chi connectivity index (χ4n) is 0.409. The highest BCUT2D eigenvalue weighted by atomic mass is 35.7. The first-order valence-electron chi connectivity index (χ1n) is 2.68. The molecule has 70 valence electrons. The molecule has 0 radical (unpaired) electrons. The van der Waals surface area contributed by atoms with Gasteiger partial charge in [-0.25, -0.2) is 9.59 Å². The molecule has 0 saturated carbocycles. The first-order valence-corrected chi connectivity index (χ1v) is 4.70. The molecule has 4 nitrogen and oxygen atoms in total. The molecule has 0 spiro atoms. The number of esters is 2. The molecular weight excluding hydrogens is 227 g/mol. The Morgan fingerprint density at radius 1 is 1.25 bits per heavy atom. The normalized spacial score (nSPS) is 10.7. The smallest absolute Gasteiger partial charge is 0.350 e. The molecule has 0 atom stereocenters. The summed E-state index contributed by atoms with van der Waals surface area (Å²) in [7, 11) is 7.75. The summed E-state index contributed by atoms with van der Waals surface area (Å²) in [5.41, 5.74) is 0. The first kappa shape index (κ1) is 11.9. The Morgan fingerprint density at radius 3 is 1.75 bits per heavy atom. The summed E-state index contributed by atoms with van der Waals surface area (Å²) < 4.78 is 6.50. The highest BCUT2D eigenvalue weighted by molar-refractivity contribution is 8.24. The molecule has 0 aromatic carbocycles. The van der Waals surface area contributed by atoms with Crippen molar-refractivity contribution < 1.29 is 19.1 Å². The van der Waals surface area contributed by atoms with Gasteiger partial charge >= 0.3 is 11.9 Å². The van der Waals surface area contributed by atoms with Crippen molar-refractivity contribution in [3.05, 3.63) is 0 Å². The first-order chi connectivity index (χ1) is 5.52. The lowest BCUT2D eigenvalue weighted by molar-refractivity contribution is -0.152. The zero-order chi connectivity index (χ0) is 9.78. The van der Waals surface area contributed by atoms with Gasteiger partial charge in [-0.15, -0.1) is 0 Å². The molecule has 0 N–H and O–H groups in total. The van der Waals surface area contributed by atoms with E-state index < -0.39 is 16.1 Å². The van der Waals surface area contributed by atoms with Crippen LogP contribution >= 0.6 is 33.3 Å². The molecule has 0 rings (SSSR count). The molecule has 12 heavy (non-hydrogen) atoms. The van der Waals surface area contributed by atoms with Gasteiger partial charge in [-0.2, -0.15) is 0 Å². The van der Waals surface area contributed by atoms with Crippen molar-refractivity contribution in [3.63, 3.8) is 0 Å². The molecule has 0 aromatic rings. The van der Waals surface area contributed by atoms with Crippen LogP contribution in [0.3, 0.4) is 0 Å². The van der Waals surface area contributed by atoms with Crippen LogP contribution in [0.5, 0.6) is 0 Å². The van der Waals surface area contributed by atoms with E-state index in [-0.39, 0.29) is 0 Å². The molecular formula is C5H6Cl2O4S. The van der Waals surface area contributed by atoms with Crippen molar-refractivity contribution in [1.29, 1.82) is 0 Å². The maximum Gasteiger partial charge on any atom is 0.350 e. The Bertz CT molecular complexity index is 180. The largest absolute Gasteiger partial charge is 0.467 e. The summed E-state index contributed by atoms with van der Waals surface area (Å²) in [5.74, 6) is -1.92. The molecule has 0 aliphatic carbocycles. The summed E-state index contributed by atoms with van der Waals surface area (Å²) in [6.07, 6.45) is 0. The van der Waals surface area contributed by atoms with Crippen LogP contribution in [-0.2, 0) is 19.1 Å². The maximum atomic E-state index is 10.9. The van der Waals surface area contributed by atoms with Crippen LogP contribution in [0.1, 0.15) is 0 Å². The van der Waals surface area contributed by atoms with Gasteiger partial charge in [0.1, 0.15) is 0 Å². The predicted molar refractivity (Wildman–Crippen MR) is 46.1 cm³/mol. The SMILES string of the molecule is COC(=O)C(Cl)(SCl)C(=O)OC. The molecule has 0 aliphatic rings. The molecule has 0 fully saturated rings. The molecule has 0 bridgehead atoms. The van der Waals surface area contributed by atoms with E-state index in [0.29, 0.717) is 11.0 Å². The summed E-state index contributed by atoms with van der Waals surface area (Å²) in [6.45, 7) is 0. The molecule has 0 aliphatic heterocycles. The number of rotatable bonds is 3. The highest BCUT2D eigenvalue weighted by Gasteiger charge is 2.47. The number of ether oxygens (including phenoxy) is 2. The van der Waals surface area contributed by atoms with E-state index in [1.54, 1.807) is 0 Å². The minimum Gasteiger partial charge on any atom is -0.467 e. The van der Waals surface area contributed by atoms with Gasteiger partial charge in [0.2, 0.25) is 0 Å². The Hall–Kier alpha value is -0.130. The minimum atomic E-state index is -2.01. The monoisotopic (exact) mass is 232 g/mol. The average Bonchev–Trinajstić information content (AvgIpc) is 2.13. The second-order valence-corrected chi connectivity index (χ2v) is 3.68. The van der Waals surface area contributed by atoms with Gasteiger partial charge in [0.25, 0.3) is 4.21 Å². The Kier molecular flexibility index (Phi) is 4.74. The number of carbonyl (C=O) groups excluding carboxylic acids is 2.